The lowest BCUT2D eigenvalue weighted by Crippen LogP contribution is -2.27. The number of rotatable bonds is 6. The SMILES string of the molecule is Cc1noc(C)c1S(=O)(=O)N(C)c1cccc(CCC(=O)O)c1. The molecule has 7 nitrogen and oxygen atoms in total. The second-order valence-electron chi connectivity index (χ2n) is 5.19. The van der Waals surface area contributed by atoms with E-state index in [0.29, 0.717) is 17.8 Å². The van der Waals surface area contributed by atoms with Crippen LogP contribution in [0.15, 0.2) is 33.7 Å². The third-order valence-electron chi connectivity index (χ3n) is 3.49. The summed E-state index contributed by atoms with van der Waals surface area (Å²) in [7, 11) is -2.36. The van der Waals surface area contributed by atoms with Gasteiger partial charge in [-0.1, -0.05) is 17.3 Å². The second kappa shape index (κ2) is 6.41. The minimum Gasteiger partial charge on any atom is -0.481 e. The minimum absolute atomic E-state index is 0.0101. The van der Waals surface area contributed by atoms with Gasteiger partial charge in [-0.05, 0) is 38.0 Å². The highest BCUT2D eigenvalue weighted by atomic mass is 32.2. The third kappa shape index (κ3) is 3.53. The van der Waals surface area contributed by atoms with Crippen molar-refractivity contribution >= 4 is 21.7 Å². The first-order chi connectivity index (χ1) is 10.7. The van der Waals surface area contributed by atoms with E-state index in [1.54, 1.807) is 38.1 Å². The average molecular weight is 338 g/mol. The first kappa shape index (κ1) is 17.0. The van der Waals surface area contributed by atoms with Crippen LogP contribution in [0.1, 0.15) is 23.4 Å². The summed E-state index contributed by atoms with van der Waals surface area (Å²) in [6.45, 7) is 3.12. The highest BCUT2D eigenvalue weighted by molar-refractivity contribution is 7.92. The number of aliphatic carboxylic acids is 1. The number of carbonyl (C=O) groups is 1. The molecule has 0 aliphatic heterocycles. The van der Waals surface area contributed by atoms with Gasteiger partial charge in [0.2, 0.25) is 0 Å². The summed E-state index contributed by atoms with van der Waals surface area (Å²) in [5.74, 6) is -0.663. The molecule has 1 aromatic carbocycles. The lowest BCUT2D eigenvalue weighted by atomic mass is 10.1. The monoisotopic (exact) mass is 338 g/mol. The summed E-state index contributed by atoms with van der Waals surface area (Å²) >= 11 is 0. The number of aryl methyl sites for hydroxylation is 3. The molecule has 0 saturated carbocycles. The van der Waals surface area contributed by atoms with Gasteiger partial charge >= 0.3 is 5.97 Å². The van der Waals surface area contributed by atoms with Crippen molar-refractivity contribution in [3.8, 4) is 0 Å². The van der Waals surface area contributed by atoms with E-state index in [-0.39, 0.29) is 17.1 Å². The number of hydrogen-bond donors (Lipinski definition) is 1. The summed E-state index contributed by atoms with van der Waals surface area (Å²) in [5, 5.41) is 12.4. The molecule has 0 atom stereocenters. The number of aromatic nitrogens is 1. The van der Waals surface area contributed by atoms with E-state index in [1.165, 1.54) is 7.05 Å². The Balaban J connectivity index is 2.35. The van der Waals surface area contributed by atoms with Crippen molar-refractivity contribution in [3.05, 3.63) is 41.3 Å². The molecule has 0 aliphatic rings. The number of anilines is 1. The maximum Gasteiger partial charge on any atom is 0.303 e. The van der Waals surface area contributed by atoms with E-state index in [0.717, 1.165) is 9.87 Å². The zero-order chi connectivity index (χ0) is 17.2. The molecule has 0 saturated heterocycles. The van der Waals surface area contributed by atoms with E-state index in [2.05, 4.69) is 5.16 Å². The highest BCUT2D eigenvalue weighted by Gasteiger charge is 2.29. The molecule has 2 aromatic rings. The molecular weight excluding hydrogens is 320 g/mol. The van der Waals surface area contributed by atoms with Crippen molar-refractivity contribution in [3.63, 3.8) is 0 Å². The predicted molar refractivity (Wildman–Crippen MR) is 84.0 cm³/mol. The van der Waals surface area contributed by atoms with Crippen LogP contribution in [0, 0.1) is 13.8 Å². The van der Waals surface area contributed by atoms with Crippen LogP contribution in [-0.2, 0) is 21.2 Å². The topological polar surface area (TPSA) is 101 Å². The molecule has 0 spiro atoms. The lowest BCUT2D eigenvalue weighted by molar-refractivity contribution is -0.136. The summed E-state index contributed by atoms with van der Waals surface area (Å²) in [4.78, 5) is 10.7. The van der Waals surface area contributed by atoms with E-state index >= 15 is 0 Å². The zero-order valence-electron chi connectivity index (χ0n) is 13.1. The normalized spacial score (nSPS) is 11.4. The van der Waals surface area contributed by atoms with Crippen molar-refractivity contribution in [1.82, 2.24) is 5.16 Å². The average Bonchev–Trinajstić information content (AvgIpc) is 2.84. The van der Waals surface area contributed by atoms with Gasteiger partial charge in [-0.25, -0.2) is 8.42 Å². The Bertz CT molecular complexity index is 807. The first-order valence-electron chi connectivity index (χ1n) is 6.96. The lowest BCUT2D eigenvalue weighted by Gasteiger charge is -2.19. The highest BCUT2D eigenvalue weighted by Crippen LogP contribution is 2.27. The van der Waals surface area contributed by atoms with Gasteiger partial charge in [0.25, 0.3) is 10.0 Å². The van der Waals surface area contributed by atoms with Gasteiger partial charge in [0.05, 0.1) is 5.69 Å². The van der Waals surface area contributed by atoms with Gasteiger partial charge in [-0.15, -0.1) is 0 Å². The zero-order valence-corrected chi connectivity index (χ0v) is 13.9. The largest absolute Gasteiger partial charge is 0.481 e. The first-order valence-corrected chi connectivity index (χ1v) is 8.40. The molecule has 0 fully saturated rings. The van der Waals surface area contributed by atoms with Crippen LogP contribution in [0.25, 0.3) is 0 Å². The number of benzene rings is 1. The molecule has 1 aromatic heterocycles. The molecule has 0 aliphatic carbocycles. The van der Waals surface area contributed by atoms with Crippen LogP contribution >= 0.6 is 0 Å². The van der Waals surface area contributed by atoms with E-state index in [4.69, 9.17) is 9.63 Å². The van der Waals surface area contributed by atoms with Gasteiger partial charge in [0.15, 0.2) is 10.7 Å². The van der Waals surface area contributed by atoms with Crippen LogP contribution in [0.4, 0.5) is 5.69 Å². The Morgan fingerprint density at radius 3 is 2.61 bits per heavy atom. The van der Waals surface area contributed by atoms with Crippen LogP contribution in [0.3, 0.4) is 0 Å². The predicted octanol–water partition coefficient (Wildman–Crippen LogP) is 2.13. The van der Waals surface area contributed by atoms with Crippen LogP contribution in [-0.4, -0.2) is 31.7 Å². The standard InChI is InChI=1S/C15H18N2O5S/c1-10-15(11(2)22-16-10)23(20,21)17(3)13-6-4-5-12(9-13)7-8-14(18)19/h4-6,9H,7-8H2,1-3H3,(H,18,19). The summed E-state index contributed by atoms with van der Waals surface area (Å²) < 4.78 is 31.6. The maximum atomic E-state index is 12.7. The Kier molecular flexibility index (Phi) is 4.74. The Morgan fingerprint density at radius 1 is 1.35 bits per heavy atom. The van der Waals surface area contributed by atoms with Gasteiger partial charge in [-0.3, -0.25) is 9.10 Å². The molecule has 23 heavy (non-hydrogen) atoms. The van der Waals surface area contributed by atoms with Gasteiger partial charge in [0, 0.05) is 13.5 Å². The van der Waals surface area contributed by atoms with Crippen molar-refractivity contribution in [2.75, 3.05) is 11.4 Å². The van der Waals surface area contributed by atoms with Crippen LogP contribution in [0.5, 0.6) is 0 Å². The van der Waals surface area contributed by atoms with Gasteiger partial charge in [0.1, 0.15) is 5.69 Å². The number of nitrogens with zero attached hydrogens (tertiary/aromatic N) is 2. The molecule has 124 valence electrons. The number of hydrogen-bond acceptors (Lipinski definition) is 5. The van der Waals surface area contributed by atoms with Crippen molar-refractivity contribution in [2.45, 2.75) is 31.6 Å². The van der Waals surface area contributed by atoms with Crippen LogP contribution < -0.4 is 4.31 Å². The molecular formula is C15H18N2O5S. The summed E-state index contributed by atoms with van der Waals surface area (Å²) in [6, 6.07) is 6.79. The fraction of sp³-hybridized carbons (Fsp3) is 0.333. The van der Waals surface area contributed by atoms with Gasteiger partial charge < -0.3 is 9.63 Å². The molecule has 0 unspecified atom stereocenters. The molecule has 0 radical (unpaired) electrons. The van der Waals surface area contributed by atoms with Crippen LogP contribution in [0.2, 0.25) is 0 Å². The molecule has 1 heterocycles. The molecule has 0 amide bonds. The summed E-state index contributed by atoms with van der Waals surface area (Å²) in [5.41, 5.74) is 1.51. The molecule has 2 rings (SSSR count). The third-order valence-corrected chi connectivity index (χ3v) is 5.52. The van der Waals surface area contributed by atoms with E-state index in [9.17, 15) is 13.2 Å². The van der Waals surface area contributed by atoms with Crippen molar-refractivity contribution < 1.29 is 22.8 Å². The fourth-order valence-electron chi connectivity index (χ4n) is 2.28. The van der Waals surface area contributed by atoms with Gasteiger partial charge in [-0.2, -0.15) is 0 Å². The summed E-state index contributed by atoms with van der Waals surface area (Å²) in [6.07, 6.45) is 0.326. The molecule has 1 N–H and O–H groups in total. The number of sulfonamides is 1. The second-order valence-corrected chi connectivity index (χ2v) is 7.10. The smallest absolute Gasteiger partial charge is 0.303 e. The maximum absolute atomic E-state index is 12.7. The molecule has 0 bridgehead atoms. The number of carboxylic acid groups (broad SMARTS) is 1. The van der Waals surface area contributed by atoms with Crippen molar-refractivity contribution in [2.24, 2.45) is 0 Å². The Morgan fingerprint density at radius 2 is 2.04 bits per heavy atom. The molecule has 8 heteroatoms. The van der Waals surface area contributed by atoms with E-state index in [1.807, 2.05) is 0 Å². The number of carboxylic acids is 1. The Labute approximate surface area is 134 Å². The van der Waals surface area contributed by atoms with Crippen molar-refractivity contribution in [1.29, 1.82) is 0 Å². The minimum atomic E-state index is -3.80. The van der Waals surface area contributed by atoms with E-state index < -0.39 is 16.0 Å². The fourth-order valence-corrected chi connectivity index (χ4v) is 3.75. The Hall–Kier alpha value is -2.35. The quantitative estimate of drug-likeness (QED) is 0.866.